The SMILES string of the molecule is CCCC(C)C(=O)Cc1ccc(F)cc1Br. The van der Waals surface area contributed by atoms with Gasteiger partial charge >= 0.3 is 0 Å². The van der Waals surface area contributed by atoms with Gasteiger partial charge in [0.25, 0.3) is 0 Å². The van der Waals surface area contributed by atoms with Gasteiger partial charge in [-0.25, -0.2) is 4.39 Å². The van der Waals surface area contributed by atoms with Crippen LogP contribution in [0.1, 0.15) is 32.3 Å². The molecule has 0 saturated heterocycles. The number of Topliss-reactive ketones (excluding diaryl/α,β-unsaturated/α-hetero) is 1. The third-order valence-electron chi connectivity index (χ3n) is 2.65. The number of benzene rings is 1. The Morgan fingerprint density at radius 1 is 1.50 bits per heavy atom. The van der Waals surface area contributed by atoms with Gasteiger partial charge in [0.2, 0.25) is 0 Å². The van der Waals surface area contributed by atoms with Crippen LogP contribution in [0, 0.1) is 11.7 Å². The molecular weight excluding hydrogens is 271 g/mol. The van der Waals surface area contributed by atoms with Gasteiger partial charge in [-0.2, -0.15) is 0 Å². The van der Waals surface area contributed by atoms with Gasteiger partial charge in [0, 0.05) is 16.8 Å². The minimum Gasteiger partial charge on any atom is -0.299 e. The van der Waals surface area contributed by atoms with Crippen LogP contribution in [0.5, 0.6) is 0 Å². The van der Waals surface area contributed by atoms with Crippen molar-refractivity contribution in [2.75, 3.05) is 0 Å². The minimum atomic E-state index is -0.287. The van der Waals surface area contributed by atoms with Crippen LogP contribution in [0.2, 0.25) is 0 Å². The Morgan fingerprint density at radius 3 is 2.75 bits per heavy atom. The molecular formula is C13H16BrFO. The second-order valence-corrected chi connectivity index (χ2v) is 4.92. The normalized spacial score (nSPS) is 12.5. The van der Waals surface area contributed by atoms with Crippen molar-refractivity contribution < 1.29 is 9.18 Å². The summed E-state index contributed by atoms with van der Waals surface area (Å²) >= 11 is 3.27. The average Bonchev–Trinajstić information content (AvgIpc) is 2.22. The van der Waals surface area contributed by atoms with E-state index >= 15 is 0 Å². The molecule has 0 fully saturated rings. The third-order valence-corrected chi connectivity index (χ3v) is 3.39. The molecule has 0 amide bonds. The van der Waals surface area contributed by atoms with Gasteiger partial charge in [-0.3, -0.25) is 4.79 Å². The molecule has 0 aliphatic heterocycles. The largest absolute Gasteiger partial charge is 0.299 e. The maximum atomic E-state index is 12.8. The second-order valence-electron chi connectivity index (χ2n) is 4.07. The van der Waals surface area contributed by atoms with E-state index in [1.807, 2.05) is 6.92 Å². The monoisotopic (exact) mass is 286 g/mol. The Balaban J connectivity index is 2.69. The van der Waals surface area contributed by atoms with E-state index in [0.29, 0.717) is 10.9 Å². The van der Waals surface area contributed by atoms with Crippen LogP contribution in [0.15, 0.2) is 22.7 Å². The number of hydrogen-bond acceptors (Lipinski definition) is 1. The highest BCUT2D eigenvalue weighted by Gasteiger charge is 2.14. The van der Waals surface area contributed by atoms with Crippen molar-refractivity contribution in [2.24, 2.45) is 5.92 Å². The number of rotatable bonds is 5. The Bertz CT molecular complexity index is 376. The summed E-state index contributed by atoms with van der Waals surface area (Å²) < 4.78 is 13.5. The molecule has 1 rings (SSSR count). The van der Waals surface area contributed by atoms with E-state index in [4.69, 9.17) is 0 Å². The van der Waals surface area contributed by atoms with Gasteiger partial charge in [0.1, 0.15) is 11.6 Å². The molecule has 1 atom stereocenters. The fourth-order valence-corrected chi connectivity index (χ4v) is 2.11. The first-order valence-corrected chi connectivity index (χ1v) is 6.30. The van der Waals surface area contributed by atoms with E-state index in [1.54, 1.807) is 6.07 Å². The van der Waals surface area contributed by atoms with Gasteiger partial charge < -0.3 is 0 Å². The van der Waals surface area contributed by atoms with Crippen molar-refractivity contribution in [3.05, 3.63) is 34.1 Å². The number of ketones is 1. The summed E-state index contributed by atoms with van der Waals surface area (Å²) in [6.07, 6.45) is 2.30. The lowest BCUT2D eigenvalue weighted by Crippen LogP contribution is -2.13. The quantitative estimate of drug-likeness (QED) is 0.795. The predicted molar refractivity (Wildman–Crippen MR) is 66.9 cm³/mol. The maximum Gasteiger partial charge on any atom is 0.140 e. The van der Waals surface area contributed by atoms with Crippen molar-refractivity contribution in [1.82, 2.24) is 0 Å². The van der Waals surface area contributed by atoms with Crippen LogP contribution in [-0.4, -0.2) is 5.78 Å². The summed E-state index contributed by atoms with van der Waals surface area (Å²) in [5.41, 5.74) is 0.856. The fraction of sp³-hybridized carbons (Fsp3) is 0.462. The van der Waals surface area contributed by atoms with Crippen molar-refractivity contribution in [3.8, 4) is 0 Å². The zero-order valence-corrected chi connectivity index (χ0v) is 11.2. The predicted octanol–water partition coefficient (Wildman–Crippen LogP) is 4.14. The Hall–Kier alpha value is -0.700. The summed E-state index contributed by atoms with van der Waals surface area (Å²) in [6, 6.07) is 4.45. The molecule has 0 saturated carbocycles. The molecule has 0 aliphatic rings. The van der Waals surface area contributed by atoms with Crippen molar-refractivity contribution in [3.63, 3.8) is 0 Å². The number of hydrogen-bond donors (Lipinski definition) is 0. The molecule has 0 radical (unpaired) electrons. The summed E-state index contributed by atoms with van der Waals surface area (Å²) in [6.45, 7) is 4.01. The highest BCUT2D eigenvalue weighted by molar-refractivity contribution is 9.10. The topological polar surface area (TPSA) is 17.1 Å². The lowest BCUT2D eigenvalue weighted by atomic mass is 9.96. The molecule has 1 aromatic rings. The van der Waals surface area contributed by atoms with Gasteiger partial charge in [0.05, 0.1) is 0 Å². The fourth-order valence-electron chi connectivity index (χ4n) is 1.62. The number of carbonyl (C=O) groups is 1. The Morgan fingerprint density at radius 2 is 2.19 bits per heavy atom. The van der Waals surface area contributed by atoms with E-state index in [-0.39, 0.29) is 17.5 Å². The van der Waals surface area contributed by atoms with Crippen molar-refractivity contribution in [2.45, 2.75) is 33.1 Å². The Labute approximate surface area is 104 Å². The molecule has 3 heteroatoms. The highest BCUT2D eigenvalue weighted by Crippen LogP contribution is 2.20. The summed E-state index contributed by atoms with van der Waals surface area (Å²) in [5.74, 6) is 0.0146. The molecule has 0 aromatic heterocycles. The summed E-state index contributed by atoms with van der Waals surface area (Å²) in [7, 11) is 0. The first kappa shape index (κ1) is 13.4. The van der Waals surface area contributed by atoms with E-state index < -0.39 is 0 Å². The second kappa shape index (κ2) is 6.14. The van der Waals surface area contributed by atoms with Crippen LogP contribution in [0.3, 0.4) is 0 Å². The lowest BCUT2D eigenvalue weighted by Gasteiger charge is -2.09. The van der Waals surface area contributed by atoms with Crippen LogP contribution in [0.4, 0.5) is 4.39 Å². The van der Waals surface area contributed by atoms with E-state index in [9.17, 15) is 9.18 Å². The zero-order valence-electron chi connectivity index (χ0n) is 9.59. The first-order chi connectivity index (χ1) is 7.54. The maximum absolute atomic E-state index is 12.8. The molecule has 88 valence electrons. The van der Waals surface area contributed by atoms with Crippen LogP contribution in [0.25, 0.3) is 0 Å². The smallest absolute Gasteiger partial charge is 0.140 e. The molecule has 0 heterocycles. The van der Waals surface area contributed by atoms with Gasteiger partial charge in [-0.1, -0.05) is 42.3 Å². The molecule has 0 aliphatic carbocycles. The van der Waals surface area contributed by atoms with Crippen LogP contribution < -0.4 is 0 Å². The summed E-state index contributed by atoms with van der Waals surface area (Å²) in [5, 5.41) is 0. The molecule has 1 aromatic carbocycles. The van der Waals surface area contributed by atoms with Crippen LogP contribution in [-0.2, 0) is 11.2 Å². The van der Waals surface area contributed by atoms with Crippen LogP contribution >= 0.6 is 15.9 Å². The van der Waals surface area contributed by atoms with Gasteiger partial charge in [-0.15, -0.1) is 0 Å². The van der Waals surface area contributed by atoms with E-state index in [2.05, 4.69) is 22.9 Å². The molecule has 0 spiro atoms. The minimum absolute atomic E-state index is 0.0851. The third kappa shape index (κ3) is 3.71. The molecule has 16 heavy (non-hydrogen) atoms. The molecule has 0 bridgehead atoms. The number of halogens is 2. The van der Waals surface area contributed by atoms with Gasteiger partial charge in [-0.05, 0) is 24.1 Å². The summed E-state index contributed by atoms with van der Waals surface area (Å²) in [4.78, 5) is 11.8. The van der Waals surface area contributed by atoms with Gasteiger partial charge in [0.15, 0.2) is 0 Å². The molecule has 1 unspecified atom stereocenters. The van der Waals surface area contributed by atoms with Crippen molar-refractivity contribution >= 4 is 21.7 Å². The molecule has 1 nitrogen and oxygen atoms in total. The highest BCUT2D eigenvalue weighted by atomic mass is 79.9. The average molecular weight is 287 g/mol. The molecule has 0 N–H and O–H groups in total. The first-order valence-electron chi connectivity index (χ1n) is 5.51. The number of carbonyl (C=O) groups excluding carboxylic acids is 1. The van der Waals surface area contributed by atoms with E-state index in [0.717, 1.165) is 18.4 Å². The zero-order chi connectivity index (χ0) is 12.1. The lowest BCUT2D eigenvalue weighted by molar-refractivity contribution is -0.121. The van der Waals surface area contributed by atoms with Crippen molar-refractivity contribution in [1.29, 1.82) is 0 Å². The standard InChI is InChI=1S/C13H16BrFO/c1-3-4-9(2)13(16)7-10-5-6-11(15)8-12(10)14/h5-6,8-9H,3-4,7H2,1-2H3. The Kier molecular flexibility index (Phi) is 5.13. The van der Waals surface area contributed by atoms with E-state index in [1.165, 1.54) is 12.1 Å².